The number of nitrogens with zero attached hydrogens (tertiary/aromatic N) is 3. The maximum absolute atomic E-state index is 9.91. The summed E-state index contributed by atoms with van der Waals surface area (Å²) in [7, 11) is 1.55. The molecule has 1 N–H and O–H groups in total. The van der Waals surface area contributed by atoms with Gasteiger partial charge in [0.2, 0.25) is 5.82 Å². The molecule has 6 heteroatoms. The number of aromatic nitrogens is 3. The first kappa shape index (κ1) is 13.1. The van der Waals surface area contributed by atoms with E-state index in [1.165, 1.54) is 6.07 Å². The summed E-state index contributed by atoms with van der Waals surface area (Å²) in [5, 5.41) is 13.8. The zero-order chi connectivity index (χ0) is 14.8. The van der Waals surface area contributed by atoms with Gasteiger partial charge in [0, 0.05) is 6.20 Å². The molecule has 0 unspecified atom stereocenters. The van der Waals surface area contributed by atoms with Crippen molar-refractivity contribution in [2.24, 2.45) is 0 Å². The quantitative estimate of drug-likeness (QED) is 0.796. The van der Waals surface area contributed by atoms with Crippen molar-refractivity contribution in [3.05, 3.63) is 42.1 Å². The molecule has 0 saturated carbocycles. The number of aromatic hydroxyl groups is 1. The standard InChI is InChI=1S/C15H13N3O3/c1-9-5-6-16-12(7-9)14-17-15(21-18-14)11-8-10(20-2)3-4-13(11)19/h3-8,19H,1-2H3. The van der Waals surface area contributed by atoms with Crippen molar-refractivity contribution in [1.82, 2.24) is 15.1 Å². The summed E-state index contributed by atoms with van der Waals surface area (Å²) < 4.78 is 10.3. The number of methoxy groups -OCH3 is 1. The zero-order valence-corrected chi connectivity index (χ0v) is 11.6. The molecule has 0 radical (unpaired) electrons. The van der Waals surface area contributed by atoms with E-state index in [0.717, 1.165) is 5.56 Å². The van der Waals surface area contributed by atoms with Gasteiger partial charge in [0.1, 0.15) is 17.2 Å². The molecule has 0 spiro atoms. The third-order valence-corrected chi connectivity index (χ3v) is 3.00. The molecule has 0 bridgehead atoms. The van der Waals surface area contributed by atoms with Gasteiger partial charge in [0.05, 0.1) is 12.7 Å². The highest BCUT2D eigenvalue weighted by atomic mass is 16.5. The summed E-state index contributed by atoms with van der Waals surface area (Å²) in [6, 6.07) is 8.55. The molecule has 2 aromatic heterocycles. The van der Waals surface area contributed by atoms with Crippen molar-refractivity contribution < 1.29 is 14.4 Å². The van der Waals surface area contributed by atoms with Crippen LogP contribution >= 0.6 is 0 Å². The number of aryl methyl sites for hydroxylation is 1. The molecule has 3 aromatic rings. The van der Waals surface area contributed by atoms with Crippen LogP contribution in [0.25, 0.3) is 23.0 Å². The number of benzene rings is 1. The van der Waals surface area contributed by atoms with E-state index in [2.05, 4.69) is 15.1 Å². The molecule has 106 valence electrons. The van der Waals surface area contributed by atoms with Gasteiger partial charge >= 0.3 is 0 Å². The molecule has 6 nitrogen and oxygen atoms in total. The van der Waals surface area contributed by atoms with Gasteiger partial charge < -0.3 is 14.4 Å². The van der Waals surface area contributed by atoms with Crippen LogP contribution < -0.4 is 4.74 Å². The van der Waals surface area contributed by atoms with Crippen molar-refractivity contribution in [1.29, 1.82) is 0 Å². The Labute approximate surface area is 121 Å². The molecule has 0 amide bonds. The number of ether oxygens (including phenoxy) is 1. The number of hydrogen-bond donors (Lipinski definition) is 1. The fourth-order valence-electron chi connectivity index (χ4n) is 1.91. The number of phenols is 1. The first-order valence-electron chi connectivity index (χ1n) is 6.31. The molecule has 0 aliphatic heterocycles. The first-order chi connectivity index (χ1) is 10.2. The van der Waals surface area contributed by atoms with E-state index in [-0.39, 0.29) is 11.6 Å². The van der Waals surface area contributed by atoms with E-state index < -0.39 is 0 Å². The van der Waals surface area contributed by atoms with Crippen LogP contribution in [-0.4, -0.2) is 27.3 Å². The van der Waals surface area contributed by atoms with Gasteiger partial charge in [-0.3, -0.25) is 4.98 Å². The Morgan fingerprint density at radius 3 is 2.81 bits per heavy atom. The maximum atomic E-state index is 9.91. The number of rotatable bonds is 3. The highest BCUT2D eigenvalue weighted by Gasteiger charge is 2.15. The van der Waals surface area contributed by atoms with Gasteiger partial charge in [0.25, 0.3) is 5.89 Å². The van der Waals surface area contributed by atoms with Crippen LogP contribution in [0.15, 0.2) is 41.1 Å². The first-order valence-corrected chi connectivity index (χ1v) is 6.31. The lowest BCUT2D eigenvalue weighted by Crippen LogP contribution is -1.87. The Morgan fingerprint density at radius 2 is 2.05 bits per heavy atom. The average Bonchev–Trinajstić information content (AvgIpc) is 2.97. The molecule has 0 aliphatic rings. The Bertz CT molecular complexity index is 783. The predicted octanol–water partition coefficient (Wildman–Crippen LogP) is 2.82. The lowest BCUT2D eigenvalue weighted by Gasteiger charge is -2.02. The Balaban J connectivity index is 2.02. The lowest BCUT2D eigenvalue weighted by molar-refractivity contribution is 0.408. The van der Waals surface area contributed by atoms with Crippen LogP contribution in [0.1, 0.15) is 5.56 Å². The molecular formula is C15H13N3O3. The van der Waals surface area contributed by atoms with Gasteiger partial charge in [-0.15, -0.1) is 0 Å². The van der Waals surface area contributed by atoms with E-state index in [9.17, 15) is 5.11 Å². The number of hydrogen-bond acceptors (Lipinski definition) is 6. The maximum Gasteiger partial charge on any atom is 0.262 e. The molecular weight excluding hydrogens is 270 g/mol. The van der Waals surface area contributed by atoms with E-state index >= 15 is 0 Å². The van der Waals surface area contributed by atoms with Gasteiger partial charge in [-0.25, -0.2) is 0 Å². The lowest BCUT2D eigenvalue weighted by atomic mass is 10.2. The van der Waals surface area contributed by atoms with E-state index in [4.69, 9.17) is 9.26 Å². The van der Waals surface area contributed by atoms with E-state index in [1.54, 1.807) is 25.4 Å². The minimum atomic E-state index is 0.0446. The third kappa shape index (κ3) is 2.55. The van der Waals surface area contributed by atoms with Crippen molar-refractivity contribution in [2.45, 2.75) is 6.92 Å². The largest absolute Gasteiger partial charge is 0.507 e. The normalized spacial score (nSPS) is 10.6. The minimum Gasteiger partial charge on any atom is -0.507 e. The predicted molar refractivity (Wildman–Crippen MR) is 75.9 cm³/mol. The molecule has 0 fully saturated rings. The second-order valence-corrected chi connectivity index (χ2v) is 4.52. The molecule has 2 heterocycles. The van der Waals surface area contributed by atoms with Crippen molar-refractivity contribution in [3.8, 4) is 34.5 Å². The summed E-state index contributed by atoms with van der Waals surface area (Å²) in [4.78, 5) is 8.47. The summed E-state index contributed by atoms with van der Waals surface area (Å²) in [5.41, 5.74) is 2.09. The topological polar surface area (TPSA) is 81.3 Å². The third-order valence-electron chi connectivity index (χ3n) is 3.00. The van der Waals surface area contributed by atoms with Crippen LogP contribution in [0, 0.1) is 6.92 Å². The van der Waals surface area contributed by atoms with Crippen LogP contribution in [0.4, 0.5) is 0 Å². The van der Waals surface area contributed by atoms with E-state index in [0.29, 0.717) is 22.8 Å². The number of pyridine rings is 1. The fraction of sp³-hybridized carbons (Fsp3) is 0.133. The zero-order valence-electron chi connectivity index (χ0n) is 11.6. The molecule has 0 atom stereocenters. The van der Waals surface area contributed by atoms with Crippen LogP contribution in [0.3, 0.4) is 0 Å². The highest BCUT2D eigenvalue weighted by Crippen LogP contribution is 2.32. The van der Waals surface area contributed by atoms with Gasteiger partial charge in [-0.05, 0) is 42.8 Å². The van der Waals surface area contributed by atoms with Crippen molar-refractivity contribution in [3.63, 3.8) is 0 Å². The Kier molecular flexibility index (Phi) is 3.27. The van der Waals surface area contributed by atoms with Crippen molar-refractivity contribution >= 4 is 0 Å². The summed E-state index contributed by atoms with van der Waals surface area (Å²) in [6.07, 6.45) is 1.68. The fourth-order valence-corrected chi connectivity index (χ4v) is 1.91. The highest BCUT2D eigenvalue weighted by molar-refractivity contribution is 5.66. The summed E-state index contributed by atoms with van der Waals surface area (Å²) in [5.74, 6) is 1.22. The summed E-state index contributed by atoms with van der Waals surface area (Å²) in [6.45, 7) is 1.96. The molecule has 21 heavy (non-hydrogen) atoms. The average molecular weight is 283 g/mol. The van der Waals surface area contributed by atoms with Crippen LogP contribution in [0.5, 0.6) is 11.5 Å². The SMILES string of the molecule is COc1ccc(O)c(-c2nc(-c3cc(C)ccn3)no2)c1. The molecule has 1 aromatic carbocycles. The summed E-state index contributed by atoms with van der Waals surface area (Å²) >= 11 is 0. The Morgan fingerprint density at radius 1 is 1.19 bits per heavy atom. The van der Waals surface area contributed by atoms with Crippen molar-refractivity contribution in [2.75, 3.05) is 7.11 Å². The number of phenolic OH excluding ortho intramolecular Hbond substituents is 1. The molecule has 0 aliphatic carbocycles. The van der Waals surface area contributed by atoms with Crippen LogP contribution in [0.2, 0.25) is 0 Å². The Hall–Kier alpha value is -2.89. The minimum absolute atomic E-state index is 0.0446. The second kappa shape index (κ2) is 5.24. The molecule has 0 saturated heterocycles. The second-order valence-electron chi connectivity index (χ2n) is 4.52. The van der Waals surface area contributed by atoms with Gasteiger partial charge in [-0.2, -0.15) is 4.98 Å². The van der Waals surface area contributed by atoms with Gasteiger partial charge in [-0.1, -0.05) is 5.16 Å². The van der Waals surface area contributed by atoms with Crippen LogP contribution in [-0.2, 0) is 0 Å². The smallest absolute Gasteiger partial charge is 0.262 e. The molecule has 3 rings (SSSR count). The monoisotopic (exact) mass is 283 g/mol. The van der Waals surface area contributed by atoms with Gasteiger partial charge in [0.15, 0.2) is 0 Å². The van der Waals surface area contributed by atoms with E-state index in [1.807, 2.05) is 19.1 Å².